The molecule has 3 heterocycles. The smallest absolute Gasteiger partial charge is 0.145 e. The van der Waals surface area contributed by atoms with Gasteiger partial charge in [-0.05, 0) is 35.4 Å². The molecule has 1 N–H and O–H groups in total. The van der Waals surface area contributed by atoms with E-state index in [4.69, 9.17) is 4.98 Å². The quantitative estimate of drug-likeness (QED) is 0.668. The number of hydrogen-bond acceptors (Lipinski definition) is 4. The van der Waals surface area contributed by atoms with Gasteiger partial charge in [-0.3, -0.25) is 4.98 Å². The topological polar surface area (TPSA) is 31.4 Å². The molecule has 0 saturated carbocycles. The molecule has 0 amide bonds. The van der Waals surface area contributed by atoms with Crippen LogP contribution in [0, 0.1) is 0 Å². The van der Waals surface area contributed by atoms with Crippen LogP contribution in [0.2, 0.25) is 0 Å². The Labute approximate surface area is 165 Å². The number of nitrogens with zero attached hydrogens (tertiary/aromatic N) is 3. The molecule has 2 unspecified atom stereocenters. The number of pyridine rings is 1. The zero-order valence-corrected chi connectivity index (χ0v) is 15.8. The van der Waals surface area contributed by atoms with Gasteiger partial charge < -0.3 is 15.1 Å². The Morgan fingerprint density at radius 2 is 1.68 bits per heavy atom. The maximum absolute atomic E-state index is 4.77. The van der Waals surface area contributed by atoms with Gasteiger partial charge in [-0.15, -0.1) is 0 Å². The van der Waals surface area contributed by atoms with Gasteiger partial charge in [-0.25, -0.2) is 0 Å². The molecule has 0 aliphatic carbocycles. The van der Waals surface area contributed by atoms with E-state index in [-0.39, 0.29) is 12.3 Å². The first-order chi connectivity index (χ1) is 13.7. The van der Waals surface area contributed by atoms with E-state index >= 15 is 0 Å². The van der Waals surface area contributed by atoms with Crippen molar-refractivity contribution in [3.8, 4) is 0 Å². The van der Waals surface area contributed by atoms with Gasteiger partial charge >= 0.3 is 0 Å². The number of para-hydroxylation sites is 3. The van der Waals surface area contributed by atoms with Crippen molar-refractivity contribution in [2.75, 3.05) is 22.2 Å². The van der Waals surface area contributed by atoms with Gasteiger partial charge in [0.05, 0.1) is 17.1 Å². The van der Waals surface area contributed by atoms with Crippen molar-refractivity contribution in [2.45, 2.75) is 12.3 Å². The summed E-state index contributed by atoms with van der Waals surface area (Å²) in [6, 6.07) is 19.2. The fraction of sp³-hybridized carbons (Fsp3) is 0.125. The van der Waals surface area contributed by atoms with Gasteiger partial charge in [0.2, 0.25) is 0 Å². The van der Waals surface area contributed by atoms with E-state index in [0.717, 1.165) is 22.5 Å². The number of anilines is 3. The van der Waals surface area contributed by atoms with Crippen LogP contribution in [-0.4, -0.2) is 12.0 Å². The fourth-order valence-corrected chi connectivity index (χ4v) is 4.35. The molecule has 2 aliphatic heterocycles. The number of benzene rings is 2. The van der Waals surface area contributed by atoms with Crippen LogP contribution in [0.15, 0.2) is 74.0 Å². The number of rotatable bonds is 3. The van der Waals surface area contributed by atoms with Crippen LogP contribution in [0.1, 0.15) is 34.7 Å². The Kier molecular flexibility index (Phi) is 3.72. The molecular weight excluding hydrogens is 344 g/mol. The van der Waals surface area contributed by atoms with Gasteiger partial charge in [0.15, 0.2) is 0 Å². The molecule has 138 valence electrons. The van der Waals surface area contributed by atoms with E-state index in [1.54, 1.807) is 0 Å². The number of aromatic nitrogens is 1. The van der Waals surface area contributed by atoms with Crippen LogP contribution in [0.3, 0.4) is 0 Å². The van der Waals surface area contributed by atoms with E-state index in [1.165, 1.54) is 16.9 Å². The molecule has 5 rings (SSSR count). The summed E-state index contributed by atoms with van der Waals surface area (Å²) in [5.41, 5.74) is 7.83. The zero-order chi connectivity index (χ0) is 19.3. The highest BCUT2D eigenvalue weighted by Crippen LogP contribution is 2.53. The molecule has 2 atom stereocenters. The minimum atomic E-state index is -0.0800. The third-order valence-corrected chi connectivity index (χ3v) is 5.69. The predicted octanol–water partition coefficient (Wildman–Crippen LogP) is 5.45. The Balaban J connectivity index is 1.71. The first kappa shape index (κ1) is 16.6. The molecule has 0 spiro atoms. The first-order valence-electron chi connectivity index (χ1n) is 9.43. The van der Waals surface area contributed by atoms with Crippen LogP contribution < -0.4 is 15.1 Å². The summed E-state index contributed by atoms with van der Waals surface area (Å²) in [7, 11) is 2.16. The lowest BCUT2D eigenvalue weighted by Crippen LogP contribution is -2.43. The fourth-order valence-electron chi connectivity index (χ4n) is 4.35. The Hall–Kier alpha value is -3.53. The second-order valence-electron chi connectivity index (χ2n) is 7.16. The lowest BCUT2D eigenvalue weighted by molar-refractivity contribution is 0.553. The van der Waals surface area contributed by atoms with Gasteiger partial charge in [-0.1, -0.05) is 55.6 Å². The molecule has 28 heavy (non-hydrogen) atoms. The Bertz CT molecular complexity index is 1090. The highest BCUT2D eigenvalue weighted by atomic mass is 15.5. The van der Waals surface area contributed by atoms with Crippen molar-refractivity contribution in [3.63, 3.8) is 0 Å². The maximum Gasteiger partial charge on any atom is 0.145 e. The number of fused-ring (bicyclic) bond motifs is 5. The van der Waals surface area contributed by atoms with Gasteiger partial charge in [0.25, 0.3) is 0 Å². The summed E-state index contributed by atoms with van der Waals surface area (Å²) in [6.07, 6.45) is 5.60. The summed E-state index contributed by atoms with van der Waals surface area (Å²) in [5, 5.41) is 3.71. The third kappa shape index (κ3) is 2.28. The van der Waals surface area contributed by atoms with E-state index < -0.39 is 0 Å². The second kappa shape index (κ2) is 6.27. The molecule has 4 nitrogen and oxygen atoms in total. The average Bonchev–Trinajstić information content (AvgIpc) is 3.06. The molecule has 2 aliphatic rings. The van der Waals surface area contributed by atoms with Crippen LogP contribution in [-0.2, 0) is 0 Å². The van der Waals surface area contributed by atoms with Crippen molar-refractivity contribution < 1.29 is 0 Å². The van der Waals surface area contributed by atoms with Crippen molar-refractivity contribution in [1.82, 2.24) is 4.98 Å². The number of nitrogens with one attached hydrogen (secondary N) is 1. The molecule has 4 heteroatoms. The lowest BCUT2D eigenvalue weighted by atomic mass is 10.0. The first-order valence-corrected chi connectivity index (χ1v) is 9.43. The molecule has 0 radical (unpaired) electrons. The minimum absolute atomic E-state index is 0.0800. The van der Waals surface area contributed by atoms with Crippen molar-refractivity contribution in [1.29, 1.82) is 0 Å². The summed E-state index contributed by atoms with van der Waals surface area (Å²) in [5.74, 6) is 0. The highest BCUT2D eigenvalue weighted by Gasteiger charge is 2.43. The summed E-state index contributed by atoms with van der Waals surface area (Å²) in [6.45, 7) is 7.84. The molecule has 1 aromatic heterocycles. The number of hydrogen-bond donors (Lipinski definition) is 1. The van der Waals surface area contributed by atoms with Crippen molar-refractivity contribution in [2.24, 2.45) is 0 Å². The Morgan fingerprint density at radius 1 is 0.964 bits per heavy atom. The predicted molar refractivity (Wildman–Crippen MR) is 117 cm³/mol. The molecule has 0 bridgehead atoms. The van der Waals surface area contributed by atoms with Crippen molar-refractivity contribution in [3.05, 3.63) is 96.3 Å². The molecular formula is C24H22N4. The van der Waals surface area contributed by atoms with Gasteiger partial charge in [0, 0.05) is 24.5 Å². The summed E-state index contributed by atoms with van der Waals surface area (Å²) >= 11 is 0. The highest BCUT2D eigenvalue weighted by molar-refractivity contribution is 5.82. The molecule has 2 aromatic carbocycles. The molecule has 0 saturated heterocycles. The molecule has 3 aromatic rings. The Morgan fingerprint density at radius 3 is 2.46 bits per heavy atom. The maximum atomic E-state index is 4.77. The summed E-state index contributed by atoms with van der Waals surface area (Å²) < 4.78 is 0. The van der Waals surface area contributed by atoms with E-state index in [2.05, 4.69) is 89.9 Å². The SMILES string of the molecule is C=Cc1cnc(C2Nc3ccccc3C3N(C)c4ccccc4N23)cc1C=C. The second-order valence-corrected chi connectivity index (χ2v) is 7.16. The van der Waals surface area contributed by atoms with Gasteiger partial charge in [-0.2, -0.15) is 0 Å². The van der Waals surface area contributed by atoms with Crippen LogP contribution in [0.4, 0.5) is 17.1 Å². The standard InChI is InChI=1S/C24H22N4/c1-4-16-14-20(25-15-17(16)5-2)23-26-19-11-7-6-10-18(19)24-27(3)21-12-8-9-13-22(21)28(23)24/h4-15,23-24,26H,1-2H2,3H3. The van der Waals surface area contributed by atoms with Gasteiger partial charge in [0.1, 0.15) is 12.3 Å². The third-order valence-electron chi connectivity index (χ3n) is 5.69. The van der Waals surface area contributed by atoms with E-state index in [9.17, 15) is 0 Å². The normalized spacial score (nSPS) is 19.3. The largest absolute Gasteiger partial charge is 0.360 e. The average molecular weight is 366 g/mol. The lowest BCUT2D eigenvalue weighted by Gasteiger charge is -2.43. The zero-order valence-electron chi connectivity index (χ0n) is 15.8. The van der Waals surface area contributed by atoms with E-state index in [0.29, 0.717) is 0 Å². The monoisotopic (exact) mass is 366 g/mol. The van der Waals surface area contributed by atoms with Crippen LogP contribution in [0.25, 0.3) is 12.2 Å². The van der Waals surface area contributed by atoms with Crippen molar-refractivity contribution >= 4 is 29.2 Å². The summed E-state index contributed by atoms with van der Waals surface area (Å²) in [4.78, 5) is 9.53. The molecule has 0 fully saturated rings. The minimum Gasteiger partial charge on any atom is -0.360 e. The van der Waals surface area contributed by atoms with Crippen LogP contribution in [0.5, 0.6) is 0 Å². The van der Waals surface area contributed by atoms with E-state index in [1.807, 2.05) is 18.3 Å². The van der Waals surface area contributed by atoms with Crippen LogP contribution >= 0.6 is 0 Å².